The van der Waals surface area contributed by atoms with Crippen LogP contribution in [0.4, 0.5) is 0 Å². The van der Waals surface area contributed by atoms with Gasteiger partial charge in [-0.25, -0.2) is 0 Å². The molecule has 0 atom stereocenters. The third-order valence-corrected chi connectivity index (χ3v) is 1.41. The lowest BCUT2D eigenvalue weighted by molar-refractivity contribution is 1.42. The van der Waals surface area contributed by atoms with Gasteiger partial charge >= 0.3 is 0 Å². The summed E-state index contributed by atoms with van der Waals surface area (Å²) in [6, 6.07) is 0. The van der Waals surface area contributed by atoms with Crippen LogP contribution in [0.15, 0.2) is 72.9 Å². The van der Waals surface area contributed by atoms with Crippen LogP contribution in [0.3, 0.4) is 0 Å². The molecule has 0 aromatic rings. The molecular weight excluding hydrogens is 230 g/mol. The van der Waals surface area contributed by atoms with Crippen LogP contribution < -0.4 is 0 Å². The average molecular weight is 259 g/mol. The van der Waals surface area contributed by atoms with Gasteiger partial charge in [-0.15, -0.1) is 6.58 Å². The molecule has 0 aromatic carbocycles. The summed E-state index contributed by atoms with van der Waals surface area (Å²) in [7, 11) is 0. The zero-order valence-electron chi connectivity index (χ0n) is 13.2. The monoisotopic (exact) mass is 259 g/mol. The van der Waals surface area contributed by atoms with Gasteiger partial charge in [-0.05, 0) is 40.2 Å². The lowest BCUT2D eigenvalue weighted by atomic mass is 10.2. The summed E-state index contributed by atoms with van der Waals surface area (Å²) in [6.07, 6.45) is 8.68. The van der Waals surface area contributed by atoms with Crippen LogP contribution in [-0.4, -0.2) is 6.21 Å². The van der Waals surface area contributed by atoms with Gasteiger partial charge in [0.25, 0.3) is 0 Å². The van der Waals surface area contributed by atoms with E-state index in [2.05, 4.69) is 26.3 Å². The second-order valence-corrected chi connectivity index (χ2v) is 4.37. The van der Waals surface area contributed by atoms with E-state index in [1.807, 2.05) is 52.8 Å². The summed E-state index contributed by atoms with van der Waals surface area (Å²) >= 11 is 0. The Bertz CT molecular complexity index is 361. The number of rotatable bonds is 4. The van der Waals surface area contributed by atoms with Gasteiger partial charge in [0, 0.05) is 6.21 Å². The molecule has 0 amide bonds. The molecule has 0 aliphatic heterocycles. The SMILES string of the molecule is C=C(C)/C=C\C(C=N)=C/C.C=C(C)C.C=CC(=C)C. The molecule has 106 valence electrons. The van der Waals surface area contributed by atoms with Gasteiger partial charge in [0.1, 0.15) is 0 Å². The highest BCUT2D eigenvalue weighted by molar-refractivity contribution is 5.79. The minimum Gasteiger partial charge on any atom is -0.308 e. The van der Waals surface area contributed by atoms with E-state index in [1.165, 1.54) is 11.8 Å². The van der Waals surface area contributed by atoms with Crippen LogP contribution in [0.25, 0.3) is 0 Å². The second-order valence-electron chi connectivity index (χ2n) is 4.37. The van der Waals surface area contributed by atoms with Crippen LogP contribution in [0.5, 0.6) is 0 Å². The van der Waals surface area contributed by atoms with Crippen molar-refractivity contribution in [3.05, 3.63) is 72.9 Å². The van der Waals surface area contributed by atoms with E-state index < -0.39 is 0 Å². The third kappa shape index (κ3) is 38.6. The van der Waals surface area contributed by atoms with Crippen LogP contribution in [0.1, 0.15) is 34.6 Å². The van der Waals surface area contributed by atoms with Crippen LogP contribution in [0.2, 0.25) is 0 Å². The maximum absolute atomic E-state index is 6.93. The first-order chi connectivity index (χ1) is 8.70. The topological polar surface area (TPSA) is 23.9 Å². The first-order valence-electron chi connectivity index (χ1n) is 6.11. The van der Waals surface area contributed by atoms with E-state index in [-0.39, 0.29) is 0 Å². The Morgan fingerprint density at radius 3 is 1.42 bits per heavy atom. The zero-order valence-corrected chi connectivity index (χ0v) is 13.2. The van der Waals surface area contributed by atoms with E-state index >= 15 is 0 Å². The molecule has 0 fully saturated rings. The molecule has 0 saturated carbocycles. The fourth-order valence-electron chi connectivity index (χ4n) is 0.466. The molecule has 0 saturated heterocycles. The van der Waals surface area contributed by atoms with E-state index in [0.717, 1.165) is 16.7 Å². The standard InChI is InChI=1S/C9H13N.C5H8.C4H8/c1-4-9(7-10)6-5-8(2)3;1-4-5(2)3;1-4(2)3/h4-7,10H,2H2,1,3H3;4H,1-2H2,3H3;1H2,2-3H3/b6-5-,9-4+,10-7?;;. The molecule has 1 heteroatoms. The van der Waals surface area contributed by atoms with Crippen molar-refractivity contribution in [2.45, 2.75) is 34.6 Å². The van der Waals surface area contributed by atoms with E-state index in [4.69, 9.17) is 5.41 Å². The van der Waals surface area contributed by atoms with Crippen LogP contribution in [0, 0.1) is 5.41 Å². The largest absolute Gasteiger partial charge is 0.308 e. The van der Waals surface area contributed by atoms with Gasteiger partial charge in [-0.1, -0.05) is 60.8 Å². The van der Waals surface area contributed by atoms with Crippen molar-refractivity contribution in [1.29, 1.82) is 5.41 Å². The van der Waals surface area contributed by atoms with Gasteiger partial charge in [-0.2, -0.15) is 0 Å². The molecule has 0 unspecified atom stereocenters. The highest BCUT2D eigenvalue weighted by atomic mass is 14.3. The quantitative estimate of drug-likeness (QED) is 0.361. The Morgan fingerprint density at radius 1 is 0.895 bits per heavy atom. The predicted octanol–water partition coefficient (Wildman–Crippen LogP) is 6.05. The van der Waals surface area contributed by atoms with E-state index in [0.29, 0.717) is 0 Å². The van der Waals surface area contributed by atoms with Crippen LogP contribution in [-0.2, 0) is 0 Å². The smallest absolute Gasteiger partial charge is 0.0246 e. The maximum Gasteiger partial charge on any atom is 0.0246 e. The Labute approximate surface area is 120 Å². The van der Waals surface area contributed by atoms with E-state index in [9.17, 15) is 0 Å². The molecule has 0 aromatic heterocycles. The second kappa shape index (κ2) is 16.1. The Kier molecular flexibility index (Phi) is 18.9. The molecule has 0 rings (SSSR count). The van der Waals surface area contributed by atoms with Crippen molar-refractivity contribution in [2.75, 3.05) is 0 Å². The Hall–Kier alpha value is -1.89. The first-order valence-corrected chi connectivity index (χ1v) is 6.11. The van der Waals surface area contributed by atoms with E-state index in [1.54, 1.807) is 6.08 Å². The molecule has 1 N–H and O–H groups in total. The molecule has 1 nitrogen and oxygen atoms in total. The molecule has 0 aliphatic carbocycles. The van der Waals surface area contributed by atoms with Crippen molar-refractivity contribution in [1.82, 2.24) is 0 Å². The number of hydrogen-bond acceptors (Lipinski definition) is 1. The van der Waals surface area contributed by atoms with Crippen LogP contribution >= 0.6 is 0 Å². The van der Waals surface area contributed by atoms with Gasteiger partial charge in [-0.3, -0.25) is 0 Å². The Morgan fingerprint density at radius 2 is 1.26 bits per heavy atom. The summed E-state index contributed by atoms with van der Waals surface area (Å²) in [5.41, 5.74) is 4.09. The normalized spacial score (nSPS) is 9.42. The van der Waals surface area contributed by atoms with Crippen molar-refractivity contribution in [2.24, 2.45) is 0 Å². The minimum atomic E-state index is 0.906. The molecule has 0 radical (unpaired) electrons. The van der Waals surface area contributed by atoms with Crippen molar-refractivity contribution < 1.29 is 0 Å². The fourth-order valence-corrected chi connectivity index (χ4v) is 0.466. The average Bonchev–Trinajstić information content (AvgIpc) is 2.30. The molecule has 19 heavy (non-hydrogen) atoms. The highest BCUT2D eigenvalue weighted by Gasteiger charge is 1.80. The minimum absolute atomic E-state index is 0.906. The summed E-state index contributed by atoms with van der Waals surface area (Å²) < 4.78 is 0. The maximum atomic E-state index is 6.93. The molecule has 0 aliphatic rings. The van der Waals surface area contributed by atoms with Crippen molar-refractivity contribution in [3.8, 4) is 0 Å². The molecule has 0 heterocycles. The van der Waals surface area contributed by atoms with Gasteiger partial charge in [0.2, 0.25) is 0 Å². The predicted molar refractivity (Wildman–Crippen MR) is 92.0 cm³/mol. The third-order valence-electron chi connectivity index (χ3n) is 1.41. The lowest BCUT2D eigenvalue weighted by Gasteiger charge is -1.87. The van der Waals surface area contributed by atoms with Gasteiger partial charge in [0.05, 0.1) is 0 Å². The van der Waals surface area contributed by atoms with Crippen molar-refractivity contribution >= 4 is 6.21 Å². The fraction of sp³-hybridized carbons (Fsp3) is 0.278. The van der Waals surface area contributed by atoms with Crippen molar-refractivity contribution in [3.63, 3.8) is 0 Å². The number of allylic oxidation sites excluding steroid dienone is 8. The Balaban J connectivity index is -0.000000238. The van der Waals surface area contributed by atoms with Gasteiger partial charge < -0.3 is 5.41 Å². The summed E-state index contributed by atoms with van der Waals surface area (Å²) in [4.78, 5) is 0. The molecule has 0 bridgehead atoms. The highest BCUT2D eigenvalue weighted by Crippen LogP contribution is 1.96. The molecular formula is C18H29N. The number of hydrogen-bond donors (Lipinski definition) is 1. The lowest BCUT2D eigenvalue weighted by Crippen LogP contribution is -1.75. The summed E-state index contributed by atoms with van der Waals surface area (Å²) in [5, 5.41) is 6.93. The van der Waals surface area contributed by atoms with Gasteiger partial charge in [0.15, 0.2) is 0 Å². The summed E-state index contributed by atoms with van der Waals surface area (Å²) in [6.45, 7) is 24.0. The summed E-state index contributed by atoms with van der Waals surface area (Å²) in [5.74, 6) is 0. The zero-order chi connectivity index (χ0) is 15.8. The first kappa shape index (κ1) is 22.3. The number of nitrogens with one attached hydrogen (secondary N) is 1. The molecule has 0 spiro atoms.